The molecule has 19 heavy (non-hydrogen) atoms. The summed E-state index contributed by atoms with van der Waals surface area (Å²) in [6, 6.07) is 8.01. The van der Waals surface area contributed by atoms with Gasteiger partial charge in [0.2, 0.25) is 0 Å². The summed E-state index contributed by atoms with van der Waals surface area (Å²) in [5, 5.41) is 0.578. The van der Waals surface area contributed by atoms with Gasteiger partial charge in [-0.15, -0.1) is 11.3 Å². The quantitative estimate of drug-likeness (QED) is 0.905. The summed E-state index contributed by atoms with van der Waals surface area (Å²) >= 11 is 4.88. The summed E-state index contributed by atoms with van der Waals surface area (Å²) in [6.45, 7) is 1.95. The summed E-state index contributed by atoms with van der Waals surface area (Å²) in [4.78, 5) is 14.7. The van der Waals surface area contributed by atoms with Crippen LogP contribution in [0.5, 0.6) is 0 Å². The van der Waals surface area contributed by atoms with Gasteiger partial charge in [-0.25, -0.2) is 0 Å². The minimum atomic E-state index is -0.0467. The molecule has 0 fully saturated rings. The van der Waals surface area contributed by atoms with Crippen LogP contribution < -0.4 is 5.73 Å². The lowest BCUT2D eigenvalue weighted by Crippen LogP contribution is -2.22. The number of nitrogen functional groups attached to an aromatic ring is 1. The molecule has 0 aliphatic rings. The van der Waals surface area contributed by atoms with Crippen molar-refractivity contribution in [2.45, 2.75) is 6.92 Å². The number of benzene rings is 1. The van der Waals surface area contributed by atoms with E-state index in [4.69, 9.17) is 5.73 Å². The van der Waals surface area contributed by atoms with Gasteiger partial charge in [0.15, 0.2) is 0 Å². The standard InChI is InChI=1S/C14H15BrN2OS/c1-8-11(14(18)17(2)3)13(16)19-12(8)9-4-6-10(15)7-5-9/h4-7H,16H2,1-3H3. The van der Waals surface area contributed by atoms with E-state index in [-0.39, 0.29) is 5.91 Å². The van der Waals surface area contributed by atoms with E-state index in [1.54, 1.807) is 19.0 Å². The summed E-state index contributed by atoms with van der Waals surface area (Å²) in [6.07, 6.45) is 0. The molecular weight excluding hydrogens is 324 g/mol. The van der Waals surface area contributed by atoms with E-state index in [0.717, 1.165) is 20.5 Å². The van der Waals surface area contributed by atoms with Crippen molar-refractivity contribution in [2.24, 2.45) is 0 Å². The van der Waals surface area contributed by atoms with Crippen LogP contribution in [-0.2, 0) is 0 Å². The predicted octanol–water partition coefficient (Wildman–Crippen LogP) is 3.77. The first kappa shape index (κ1) is 14.1. The lowest BCUT2D eigenvalue weighted by molar-refractivity contribution is 0.0828. The Morgan fingerprint density at radius 3 is 2.37 bits per heavy atom. The van der Waals surface area contributed by atoms with Crippen molar-refractivity contribution < 1.29 is 4.79 Å². The molecule has 100 valence electrons. The molecule has 1 aromatic carbocycles. The zero-order valence-electron chi connectivity index (χ0n) is 11.0. The molecule has 0 unspecified atom stereocenters. The number of hydrogen-bond acceptors (Lipinski definition) is 3. The van der Waals surface area contributed by atoms with Gasteiger partial charge < -0.3 is 10.6 Å². The molecule has 1 aromatic heterocycles. The van der Waals surface area contributed by atoms with Crippen LogP contribution in [0.25, 0.3) is 10.4 Å². The average Bonchev–Trinajstić information content (AvgIpc) is 2.65. The second-order valence-corrected chi connectivity index (χ2v) is 6.47. The number of amides is 1. The minimum absolute atomic E-state index is 0.0467. The molecule has 0 aliphatic heterocycles. The molecule has 2 rings (SSSR count). The molecule has 2 N–H and O–H groups in total. The second kappa shape index (κ2) is 5.35. The van der Waals surface area contributed by atoms with Crippen LogP contribution >= 0.6 is 27.3 Å². The molecule has 2 aromatic rings. The number of carbonyl (C=O) groups is 1. The fourth-order valence-corrected chi connectivity index (χ4v) is 3.24. The molecule has 0 saturated carbocycles. The van der Waals surface area contributed by atoms with Crippen molar-refractivity contribution in [3.63, 3.8) is 0 Å². The number of hydrogen-bond donors (Lipinski definition) is 1. The Morgan fingerprint density at radius 1 is 1.26 bits per heavy atom. The number of nitrogens with zero attached hydrogens (tertiary/aromatic N) is 1. The number of carbonyl (C=O) groups excluding carboxylic acids is 1. The highest BCUT2D eigenvalue weighted by Gasteiger charge is 2.21. The molecule has 0 atom stereocenters. The molecule has 0 bridgehead atoms. The van der Waals surface area contributed by atoms with Crippen molar-refractivity contribution in [3.8, 4) is 10.4 Å². The van der Waals surface area contributed by atoms with Crippen LogP contribution in [0, 0.1) is 6.92 Å². The number of thiophene rings is 1. The first-order valence-corrected chi connectivity index (χ1v) is 7.39. The van der Waals surface area contributed by atoms with Gasteiger partial charge in [-0.3, -0.25) is 4.79 Å². The van der Waals surface area contributed by atoms with Crippen LogP contribution in [0.2, 0.25) is 0 Å². The highest BCUT2D eigenvalue weighted by Crippen LogP contribution is 2.38. The highest BCUT2D eigenvalue weighted by molar-refractivity contribution is 9.10. The van der Waals surface area contributed by atoms with E-state index < -0.39 is 0 Å². The average molecular weight is 339 g/mol. The smallest absolute Gasteiger partial charge is 0.256 e. The lowest BCUT2D eigenvalue weighted by Gasteiger charge is -2.10. The highest BCUT2D eigenvalue weighted by atomic mass is 79.9. The molecule has 1 amide bonds. The first-order chi connectivity index (χ1) is 8.91. The van der Waals surface area contributed by atoms with Crippen molar-refractivity contribution in [1.82, 2.24) is 4.90 Å². The van der Waals surface area contributed by atoms with E-state index >= 15 is 0 Å². The zero-order chi connectivity index (χ0) is 14.2. The predicted molar refractivity (Wildman–Crippen MR) is 84.6 cm³/mol. The number of halogens is 1. The number of anilines is 1. The fourth-order valence-electron chi connectivity index (χ4n) is 1.90. The Balaban J connectivity index is 2.53. The van der Waals surface area contributed by atoms with Crippen molar-refractivity contribution in [1.29, 1.82) is 0 Å². The fraction of sp³-hybridized carbons (Fsp3) is 0.214. The van der Waals surface area contributed by atoms with Crippen LogP contribution in [0.4, 0.5) is 5.00 Å². The van der Waals surface area contributed by atoms with Crippen LogP contribution in [0.15, 0.2) is 28.7 Å². The van der Waals surface area contributed by atoms with Crippen LogP contribution in [-0.4, -0.2) is 24.9 Å². The number of rotatable bonds is 2. The van der Waals surface area contributed by atoms with Gasteiger partial charge in [0.1, 0.15) is 0 Å². The van der Waals surface area contributed by atoms with Crippen molar-refractivity contribution in [2.75, 3.05) is 19.8 Å². The molecule has 1 heterocycles. The maximum absolute atomic E-state index is 12.1. The van der Waals surface area contributed by atoms with E-state index in [2.05, 4.69) is 15.9 Å². The SMILES string of the molecule is Cc1c(-c2ccc(Br)cc2)sc(N)c1C(=O)N(C)C. The Bertz CT molecular complexity index is 617. The van der Waals surface area contributed by atoms with Gasteiger partial charge in [-0.2, -0.15) is 0 Å². The monoisotopic (exact) mass is 338 g/mol. The summed E-state index contributed by atoms with van der Waals surface area (Å²) in [7, 11) is 3.47. The third kappa shape index (κ3) is 2.67. The third-order valence-electron chi connectivity index (χ3n) is 2.90. The minimum Gasteiger partial charge on any atom is -0.390 e. The maximum Gasteiger partial charge on any atom is 0.256 e. The molecule has 0 aliphatic carbocycles. The zero-order valence-corrected chi connectivity index (χ0v) is 13.4. The Morgan fingerprint density at radius 2 is 1.84 bits per heavy atom. The molecule has 3 nitrogen and oxygen atoms in total. The van der Waals surface area contributed by atoms with Gasteiger partial charge in [0, 0.05) is 23.4 Å². The van der Waals surface area contributed by atoms with Gasteiger partial charge in [0.25, 0.3) is 5.91 Å². The van der Waals surface area contributed by atoms with Crippen LogP contribution in [0.1, 0.15) is 15.9 Å². The molecule has 0 radical (unpaired) electrons. The first-order valence-electron chi connectivity index (χ1n) is 5.78. The topological polar surface area (TPSA) is 46.3 Å². The van der Waals surface area contributed by atoms with Gasteiger partial charge in [-0.05, 0) is 30.2 Å². The second-order valence-electron chi connectivity index (χ2n) is 4.50. The molecule has 0 saturated heterocycles. The van der Waals surface area contributed by atoms with Crippen molar-refractivity contribution in [3.05, 3.63) is 39.9 Å². The summed E-state index contributed by atoms with van der Waals surface area (Å²) < 4.78 is 1.03. The van der Waals surface area contributed by atoms with Gasteiger partial charge in [0.05, 0.1) is 10.6 Å². The van der Waals surface area contributed by atoms with Crippen LogP contribution in [0.3, 0.4) is 0 Å². The molecule has 5 heteroatoms. The molecular formula is C14H15BrN2OS. The Kier molecular flexibility index (Phi) is 3.96. The van der Waals surface area contributed by atoms with Gasteiger partial charge in [-0.1, -0.05) is 28.1 Å². The Labute approximate surface area is 125 Å². The van der Waals surface area contributed by atoms with Gasteiger partial charge >= 0.3 is 0 Å². The van der Waals surface area contributed by atoms with E-state index in [0.29, 0.717) is 10.6 Å². The maximum atomic E-state index is 12.1. The summed E-state index contributed by atoms with van der Waals surface area (Å²) in [5.74, 6) is -0.0467. The summed E-state index contributed by atoms with van der Waals surface area (Å²) in [5.41, 5.74) is 8.65. The third-order valence-corrected chi connectivity index (χ3v) is 4.60. The lowest BCUT2D eigenvalue weighted by atomic mass is 10.1. The van der Waals surface area contributed by atoms with Crippen molar-refractivity contribution >= 4 is 38.2 Å². The number of nitrogens with two attached hydrogens (primary N) is 1. The van der Waals surface area contributed by atoms with E-state index in [9.17, 15) is 4.79 Å². The molecule has 0 spiro atoms. The van der Waals surface area contributed by atoms with E-state index in [1.807, 2.05) is 31.2 Å². The van der Waals surface area contributed by atoms with E-state index in [1.165, 1.54) is 11.3 Å². The largest absolute Gasteiger partial charge is 0.390 e. The normalized spacial score (nSPS) is 10.5. The Hall–Kier alpha value is -1.33.